The van der Waals surface area contributed by atoms with Crippen LogP contribution in [0.4, 0.5) is 0 Å². The third-order valence-electron chi connectivity index (χ3n) is 19.1. The van der Waals surface area contributed by atoms with Crippen molar-refractivity contribution in [1.29, 1.82) is 0 Å². The normalized spacial score (nSPS) is 12.0. The number of hydrogen-bond donors (Lipinski definition) is 0. The molecule has 0 bridgehead atoms. The molecule has 12 aromatic carbocycles. The number of halogens is 3. The first-order chi connectivity index (χ1) is 57.8. The van der Waals surface area contributed by atoms with Crippen LogP contribution >= 0.6 is 70.8 Å². The molecule has 1 aliphatic rings. The van der Waals surface area contributed by atoms with Crippen LogP contribution in [0.1, 0.15) is 35.1 Å². The Hall–Kier alpha value is -10.4. The Balaban J connectivity index is 0.000000137. The van der Waals surface area contributed by atoms with Crippen LogP contribution in [0.2, 0.25) is 10.3 Å². The third-order valence-corrected chi connectivity index (χ3v) is 29.9. The molecule has 19 rings (SSSR count). The Morgan fingerprint density at radius 1 is 0.292 bits per heavy atom. The van der Waals surface area contributed by atoms with Gasteiger partial charge >= 0.3 is 7.12 Å². The third kappa shape index (κ3) is 25.1. The van der Waals surface area contributed by atoms with Crippen molar-refractivity contribution in [2.24, 2.45) is 0 Å². The van der Waals surface area contributed by atoms with E-state index >= 15 is 0 Å². The Labute approximate surface area is 743 Å². The van der Waals surface area contributed by atoms with Gasteiger partial charge in [0.2, 0.25) is 0 Å². The molecule has 19 heteroatoms. The molecule has 0 spiro atoms. The summed E-state index contributed by atoms with van der Waals surface area (Å²) in [4.78, 5) is 16.1. The molecule has 1 fully saturated rings. The molecular weight excluding hydrogens is 1750 g/mol. The number of nitrogens with zero attached hydrogens (tertiary/aromatic N) is 8. The summed E-state index contributed by atoms with van der Waals surface area (Å²) in [5.74, 6) is 0. The summed E-state index contributed by atoms with van der Waals surface area (Å²) < 4.78 is 16.2. The Morgan fingerprint density at radius 3 is 0.792 bits per heavy atom. The zero-order valence-electron chi connectivity index (χ0n) is 65.9. The molecule has 6 aromatic heterocycles. The van der Waals surface area contributed by atoms with Crippen LogP contribution in [-0.4, -0.2) is 57.5 Å². The summed E-state index contributed by atoms with van der Waals surface area (Å²) in [6, 6.07) is 144. The van der Waals surface area contributed by atoms with E-state index in [9.17, 15) is 0 Å². The van der Waals surface area contributed by atoms with Gasteiger partial charge in [-0.15, -0.1) is 0 Å². The molecule has 18 aromatic rings. The number of rotatable bonds is 14. The van der Waals surface area contributed by atoms with Gasteiger partial charge in [0.15, 0.2) is 11.3 Å². The van der Waals surface area contributed by atoms with E-state index in [1.165, 1.54) is 76.3 Å². The van der Waals surface area contributed by atoms with Gasteiger partial charge < -0.3 is 9.31 Å². The van der Waals surface area contributed by atoms with Crippen LogP contribution in [0, 0.1) is 0 Å². The van der Waals surface area contributed by atoms with E-state index < -0.39 is 38.8 Å². The first-order valence-electron chi connectivity index (χ1n) is 38.5. The predicted octanol–water partition coefficient (Wildman–Crippen LogP) is 20.4. The first-order valence-corrected chi connectivity index (χ1v) is 45.4. The molecule has 1 aliphatic heterocycles. The summed E-state index contributed by atoms with van der Waals surface area (Å²) in [7, 11) is -2.22. The van der Waals surface area contributed by atoms with E-state index in [0.29, 0.717) is 10.3 Å². The summed E-state index contributed by atoms with van der Waals surface area (Å²) >= 11 is 15.4. The van der Waals surface area contributed by atoms with Gasteiger partial charge in [-0.25, -0.2) is 29.0 Å². The number of aromatic nitrogens is 8. The van der Waals surface area contributed by atoms with E-state index in [0.717, 1.165) is 32.4 Å². The van der Waals surface area contributed by atoms with E-state index in [4.69, 9.17) is 32.5 Å². The summed E-state index contributed by atoms with van der Waals surface area (Å²) in [6.45, 7) is 8.04. The zero-order valence-corrected chi connectivity index (χ0v) is 74.2. The van der Waals surface area contributed by atoms with Gasteiger partial charge in [-0.05, 0) is 181 Å². The van der Waals surface area contributed by atoms with Crippen molar-refractivity contribution in [1.82, 2.24) is 39.2 Å². The smallest absolute Gasteiger partial charge is 0.399 e. The minimum atomic E-state index is -0.446. The zero-order chi connectivity index (χ0) is 81.6. The van der Waals surface area contributed by atoms with Crippen molar-refractivity contribution >= 4 is 158 Å². The van der Waals surface area contributed by atoms with Gasteiger partial charge in [0, 0.05) is 66.3 Å². The van der Waals surface area contributed by atoms with Crippen molar-refractivity contribution in [2.45, 2.75) is 46.3 Å². The van der Waals surface area contributed by atoms with E-state index in [-0.39, 0.29) is 39.1 Å². The molecule has 0 aliphatic carbocycles. The average molecular weight is 1840 g/mol. The number of benzene rings is 12. The van der Waals surface area contributed by atoms with Crippen molar-refractivity contribution in [3.8, 4) is 11.1 Å². The van der Waals surface area contributed by atoms with Crippen LogP contribution in [-0.2, 0) is 29.7 Å². The summed E-state index contributed by atoms with van der Waals surface area (Å²) in [6.07, 6.45) is 10.1. The second-order valence-corrected chi connectivity index (χ2v) is 38.1. The van der Waals surface area contributed by atoms with Crippen molar-refractivity contribution in [3.05, 3.63) is 465 Å². The monoisotopic (exact) mass is 1840 g/mol. The van der Waals surface area contributed by atoms with Crippen LogP contribution in [0.15, 0.2) is 454 Å². The van der Waals surface area contributed by atoms with Crippen LogP contribution < -0.4 is 69.1 Å². The largest absolute Gasteiger partial charge is 0.498 e. The van der Waals surface area contributed by atoms with E-state index in [2.05, 4.69) is 410 Å². The van der Waals surface area contributed by atoms with E-state index in [1.54, 1.807) is 21.4 Å². The maximum absolute atomic E-state index is 6.03. The fourth-order valence-electron chi connectivity index (χ4n) is 12.6. The predicted molar refractivity (Wildman–Crippen MR) is 514 cm³/mol. The maximum atomic E-state index is 6.03. The molecule has 1 saturated heterocycles. The average Bonchev–Trinajstić information content (AvgIpc) is 1.62. The first kappa shape index (κ1) is 90.4. The minimum Gasteiger partial charge on any atom is -0.399 e. The maximum Gasteiger partial charge on any atom is 0.498 e. The number of fused-ring (bicyclic) bond motifs is 2. The second kappa shape index (κ2) is 46.4. The topological polar surface area (TPSA) is 105 Å². The van der Waals surface area contributed by atoms with Gasteiger partial charge in [-0.3, -0.25) is 0 Å². The molecule has 0 unspecified atom stereocenters. The molecule has 0 amide bonds. The van der Waals surface area contributed by atoms with Gasteiger partial charge in [-0.2, -0.15) is 10.2 Å². The van der Waals surface area contributed by atoms with Crippen molar-refractivity contribution < 1.29 is 29.7 Å². The molecular formula is C101H90BBrCl2N8O2P4Pd. The molecule has 0 N–H and O–H groups in total. The van der Waals surface area contributed by atoms with Gasteiger partial charge in [0.05, 0.1) is 11.2 Å². The Kier molecular flexibility index (Phi) is 35.0. The summed E-state index contributed by atoms with van der Waals surface area (Å²) in [5.41, 5.74) is 3.61. The minimum absolute atomic E-state index is 0. The van der Waals surface area contributed by atoms with Crippen molar-refractivity contribution in [3.63, 3.8) is 0 Å². The fourth-order valence-corrected chi connectivity index (χ4v) is 22.6. The van der Waals surface area contributed by atoms with Gasteiger partial charge in [-0.1, -0.05) is 401 Å². The van der Waals surface area contributed by atoms with E-state index in [1.807, 2.05) is 88.6 Å². The molecule has 0 saturated carbocycles. The van der Waals surface area contributed by atoms with Crippen LogP contribution in [0.3, 0.4) is 0 Å². The van der Waals surface area contributed by atoms with Gasteiger partial charge in [0.1, 0.15) is 23.0 Å². The van der Waals surface area contributed by atoms with Crippen LogP contribution in [0.25, 0.3) is 22.4 Å². The molecule has 7 heterocycles. The second-order valence-electron chi connectivity index (χ2n) is 27.6. The number of hydrogen-bond acceptors (Lipinski definition) is 8. The van der Waals surface area contributed by atoms with Crippen molar-refractivity contribution in [2.75, 3.05) is 0 Å². The molecule has 10 nitrogen and oxygen atoms in total. The van der Waals surface area contributed by atoms with Crippen LogP contribution in [0.5, 0.6) is 0 Å². The standard InChI is InChI=1S/4C18H15P.C11H15BClNO2.C11H7ClN4.C6H4BrN3.CH4.Pd/c4*1-4-10-16(11-5-1)19(17-12-6-2-7-13-17)18-14-8-3-9-15-18;1-10(2)11(3,4)16-12(15-10)8-6-5-7-14-9(8)13;12-11-9(2-1-5-13-11)8-3-4-10-14-7-15-16(10)6-8;7-5-1-2-6-8-4-9-10(6)3-5;;/h4*1-15H;5-7H,1-4H3;1-7H;1-4H;1H4;. The summed E-state index contributed by atoms with van der Waals surface area (Å²) in [5, 5.41) is 25.7. The molecule has 0 atom stereocenters. The van der Waals surface area contributed by atoms with Gasteiger partial charge in [0.25, 0.3) is 0 Å². The molecule has 600 valence electrons. The fraction of sp³-hybridized carbons (Fsp3) is 0.0693. The Bertz CT molecular complexity index is 5110. The quantitative estimate of drug-likeness (QED) is 0.0602. The molecule has 120 heavy (non-hydrogen) atoms. The SMILES string of the molecule is Brc1ccc2ncnn2c1.C.CC1(C)OB(c2cccnc2Cl)OC1(C)C.Clc1ncccc1-c1ccc2ncnn2c1.[Pd].c1ccc(P(c2ccccc2)c2ccccc2)cc1.c1ccc(P(c2ccccc2)c2ccccc2)cc1.c1ccc(P(c2ccccc2)c2ccccc2)cc1.c1ccc(P(c2ccccc2)c2ccccc2)cc1. The Morgan fingerprint density at radius 2 is 0.533 bits per heavy atom. The molecule has 0 radical (unpaired) electrons. The number of pyridine rings is 4.